The second-order valence-corrected chi connectivity index (χ2v) is 7.92. The number of ether oxygens (including phenoxy) is 2. The molecule has 1 unspecified atom stereocenters. The van der Waals surface area contributed by atoms with E-state index < -0.39 is 0 Å². The lowest BCUT2D eigenvalue weighted by atomic mass is 9.95. The van der Waals surface area contributed by atoms with Gasteiger partial charge in [-0.1, -0.05) is 19.9 Å². The molecule has 142 valence electrons. The Morgan fingerprint density at radius 2 is 1.77 bits per heavy atom. The van der Waals surface area contributed by atoms with Crippen molar-refractivity contribution >= 4 is 17.2 Å². The topological polar surface area (TPSA) is 47.6 Å². The van der Waals surface area contributed by atoms with E-state index in [-0.39, 0.29) is 17.9 Å². The van der Waals surface area contributed by atoms with Crippen LogP contribution in [-0.2, 0) is 11.2 Å². The molecule has 5 heteroatoms. The van der Waals surface area contributed by atoms with Crippen LogP contribution < -0.4 is 14.8 Å². The first-order chi connectivity index (χ1) is 12.4. The van der Waals surface area contributed by atoms with Gasteiger partial charge in [-0.25, -0.2) is 0 Å². The fourth-order valence-electron chi connectivity index (χ4n) is 2.86. The summed E-state index contributed by atoms with van der Waals surface area (Å²) in [7, 11) is 0. The van der Waals surface area contributed by atoms with E-state index in [1.54, 1.807) is 11.3 Å². The van der Waals surface area contributed by atoms with E-state index in [0.717, 1.165) is 21.9 Å². The molecule has 0 aliphatic heterocycles. The maximum absolute atomic E-state index is 12.5. The second kappa shape index (κ2) is 9.62. The van der Waals surface area contributed by atoms with Crippen molar-refractivity contribution in [2.75, 3.05) is 13.2 Å². The highest BCUT2D eigenvalue weighted by Gasteiger charge is 2.20. The van der Waals surface area contributed by atoms with Gasteiger partial charge < -0.3 is 14.8 Å². The molecule has 0 fully saturated rings. The van der Waals surface area contributed by atoms with Crippen LogP contribution in [0, 0.1) is 12.8 Å². The van der Waals surface area contributed by atoms with Crippen molar-refractivity contribution in [3.8, 4) is 11.5 Å². The molecular formula is C21H29NO3S. The van der Waals surface area contributed by atoms with Crippen LogP contribution in [0.25, 0.3) is 0 Å². The summed E-state index contributed by atoms with van der Waals surface area (Å²) in [5.41, 5.74) is 1.03. The Labute approximate surface area is 160 Å². The van der Waals surface area contributed by atoms with Crippen LogP contribution in [-0.4, -0.2) is 19.1 Å². The van der Waals surface area contributed by atoms with Gasteiger partial charge in [-0.05, 0) is 56.5 Å². The number of aryl methyl sites for hydroxylation is 1. The van der Waals surface area contributed by atoms with E-state index in [1.807, 2.05) is 44.2 Å². The van der Waals surface area contributed by atoms with Gasteiger partial charge in [-0.2, -0.15) is 0 Å². The molecule has 0 bridgehead atoms. The number of nitrogens with one attached hydrogen (secondary N) is 1. The maximum atomic E-state index is 12.5. The number of carbonyl (C=O) groups excluding carboxylic acids is 1. The van der Waals surface area contributed by atoms with E-state index in [0.29, 0.717) is 19.6 Å². The minimum absolute atomic E-state index is 0.0393. The van der Waals surface area contributed by atoms with Crippen LogP contribution in [0.1, 0.15) is 49.1 Å². The van der Waals surface area contributed by atoms with E-state index in [9.17, 15) is 4.79 Å². The lowest BCUT2D eigenvalue weighted by molar-refractivity contribution is -0.121. The van der Waals surface area contributed by atoms with Crippen LogP contribution in [0.15, 0.2) is 30.3 Å². The molecule has 0 saturated carbocycles. The summed E-state index contributed by atoms with van der Waals surface area (Å²) < 4.78 is 11.4. The Kier molecular flexibility index (Phi) is 7.51. The SMILES string of the molecule is CCOc1ccc(C(NC(=O)Cc2ccc(C)s2)C(C)C)cc1OCC. The first-order valence-corrected chi connectivity index (χ1v) is 10.00. The molecule has 0 aliphatic rings. The summed E-state index contributed by atoms with van der Waals surface area (Å²) in [6.07, 6.45) is 0.414. The van der Waals surface area contributed by atoms with Gasteiger partial charge in [0.2, 0.25) is 5.91 Å². The first kappa shape index (κ1) is 20.3. The summed E-state index contributed by atoms with van der Waals surface area (Å²) in [6.45, 7) is 11.3. The zero-order valence-electron chi connectivity index (χ0n) is 16.3. The maximum Gasteiger partial charge on any atom is 0.225 e. The predicted molar refractivity (Wildman–Crippen MR) is 107 cm³/mol. The van der Waals surface area contributed by atoms with Gasteiger partial charge in [-0.3, -0.25) is 4.79 Å². The van der Waals surface area contributed by atoms with E-state index in [2.05, 4.69) is 26.1 Å². The molecule has 1 amide bonds. The zero-order chi connectivity index (χ0) is 19.1. The minimum atomic E-state index is -0.0709. The van der Waals surface area contributed by atoms with Crippen LogP contribution in [0.5, 0.6) is 11.5 Å². The van der Waals surface area contributed by atoms with Crippen molar-refractivity contribution in [3.63, 3.8) is 0 Å². The van der Waals surface area contributed by atoms with Crippen molar-refractivity contribution < 1.29 is 14.3 Å². The minimum Gasteiger partial charge on any atom is -0.490 e. The second-order valence-electron chi connectivity index (χ2n) is 6.55. The Morgan fingerprint density at radius 3 is 2.35 bits per heavy atom. The van der Waals surface area contributed by atoms with Gasteiger partial charge in [0.25, 0.3) is 0 Å². The fourth-order valence-corrected chi connectivity index (χ4v) is 3.75. The van der Waals surface area contributed by atoms with E-state index in [1.165, 1.54) is 4.88 Å². The molecule has 0 aliphatic carbocycles. The van der Waals surface area contributed by atoms with Crippen LogP contribution in [0.2, 0.25) is 0 Å². The van der Waals surface area contributed by atoms with Gasteiger partial charge in [0, 0.05) is 9.75 Å². The molecule has 1 N–H and O–H groups in total. The van der Waals surface area contributed by atoms with Crippen molar-refractivity contribution in [2.45, 2.75) is 47.1 Å². The molecule has 0 radical (unpaired) electrons. The highest BCUT2D eigenvalue weighted by molar-refractivity contribution is 7.12. The first-order valence-electron chi connectivity index (χ1n) is 9.18. The molecule has 1 heterocycles. The summed E-state index contributed by atoms with van der Waals surface area (Å²) in [5, 5.41) is 3.18. The summed E-state index contributed by atoms with van der Waals surface area (Å²) in [4.78, 5) is 14.8. The molecule has 2 rings (SSSR count). The molecule has 0 spiro atoms. The third-order valence-corrected chi connectivity index (χ3v) is 5.04. The Morgan fingerprint density at radius 1 is 1.08 bits per heavy atom. The molecule has 2 aromatic rings. The smallest absolute Gasteiger partial charge is 0.225 e. The third kappa shape index (κ3) is 5.49. The van der Waals surface area contributed by atoms with Gasteiger partial charge in [0.1, 0.15) is 0 Å². The van der Waals surface area contributed by atoms with Gasteiger partial charge in [0.05, 0.1) is 25.7 Å². The van der Waals surface area contributed by atoms with Crippen molar-refractivity contribution in [1.82, 2.24) is 5.32 Å². The molecule has 1 aromatic carbocycles. The number of amides is 1. The largest absolute Gasteiger partial charge is 0.490 e. The molecule has 26 heavy (non-hydrogen) atoms. The number of carbonyl (C=O) groups is 1. The highest BCUT2D eigenvalue weighted by atomic mass is 32.1. The van der Waals surface area contributed by atoms with Crippen molar-refractivity contribution in [3.05, 3.63) is 45.6 Å². The molecule has 0 saturated heterocycles. The van der Waals surface area contributed by atoms with Crippen molar-refractivity contribution in [1.29, 1.82) is 0 Å². The Balaban J connectivity index is 2.17. The van der Waals surface area contributed by atoms with E-state index in [4.69, 9.17) is 9.47 Å². The average molecular weight is 376 g/mol. The lowest BCUT2D eigenvalue weighted by Gasteiger charge is -2.24. The predicted octanol–water partition coefficient (Wildman–Crippen LogP) is 4.91. The van der Waals surface area contributed by atoms with Gasteiger partial charge in [0.15, 0.2) is 11.5 Å². The van der Waals surface area contributed by atoms with Gasteiger partial charge in [-0.15, -0.1) is 11.3 Å². The standard InChI is InChI=1S/C21H29NO3S/c1-6-24-18-11-9-16(12-19(18)25-7-2)21(14(3)4)22-20(23)13-17-10-8-15(5)26-17/h8-12,14,21H,6-7,13H2,1-5H3,(H,22,23). The summed E-state index contributed by atoms with van der Waals surface area (Å²) in [6, 6.07) is 9.91. The quantitative estimate of drug-likeness (QED) is 0.677. The average Bonchev–Trinajstić information content (AvgIpc) is 2.99. The normalized spacial score (nSPS) is 12.1. The molecule has 1 aromatic heterocycles. The summed E-state index contributed by atoms with van der Waals surface area (Å²) in [5.74, 6) is 1.76. The molecule has 1 atom stereocenters. The zero-order valence-corrected chi connectivity index (χ0v) is 17.1. The number of rotatable bonds is 9. The number of hydrogen-bond donors (Lipinski definition) is 1. The summed E-state index contributed by atoms with van der Waals surface area (Å²) >= 11 is 1.67. The van der Waals surface area contributed by atoms with Crippen molar-refractivity contribution in [2.24, 2.45) is 5.92 Å². The molecular weight excluding hydrogens is 346 g/mol. The van der Waals surface area contributed by atoms with Crippen LogP contribution in [0.3, 0.4) is 0 Å². The number of thiophene rings is 1. The Hall–Kier alpha value is -2.01. The van der Waals surface area contributed by atoms with Gasteiger partial charge >= 0.3 is 0 Å². The van der Waals surface area contributed by atoms with Crippen LogP contribution >= 0.6 is 11.3 Å². The fraction of sp³-hybridized carbons (Fsp3) is 0.476. The lowest BCUT2D eigenvalue weighted by Crippen LogP contribution is -2.32. The molecule has 4 nitrogen and oxygen atoms in total. The third-order valence-electron chi connectivity index (χ3n) is 4.04. The number of benzene rings is 1. The number of hydrogen-bond acceptors (Lipinski definition) is 4. The van der Waals surface area contributed by atoms with E-state index >= 15 is 0 Å². The highest BCUT2D eigenvalue weighted by Crippen LogP contribution is 2.33. The monoisotopic (exact) mass is 375 g/mol. The Bertz CT molecular complexity index is 724. The van der Waals surface area contributed by atoms with Crippen LogP contribution in [0.4, 0.5) is 0 Å².